The molecule has 18 heavy (non-hydrogen) atoms. The van der Waals surface area contributed by atoms with Crippen LogP contribution in [0.15, 0.2) is 24.3 Å². The third-order valence-corrected chi connectivity index (χ3v) is 3.02. The summed E-state index contributed by atoms with van der Waals surface area (Å²) >= 11 is 0. The predicted octanol–water partition coefficient (Wildman–Crippen LogP) is 1.52. The highest BCUT2D eigenvalue weighted by Crippen LogP contribution is 2.23. The summed E-state index contributed by atoms with van der Waals surface area (Å²) in [5.74, 6) is 0.745. The number of rotatable bonds is 8. The Hall–Kier alpha value is -1.10. The largest absolute Gasteiger partial charge is 0.497 e. The van der Waals surface area contributed by atoms with E-state index < -0.39 is 6.10 Å². The highest BCUT2D eigenvalue weighted by Gasteiger charge is 2.19. The van der Waals surface area contributed by atoms with Crippen molar-refractivity contribution in [2.75, 3.05) is 26.9 Å². The van der Waals surface area contributed by atoms with Crippen LogP contribution in [0, 0.1) is 0 Å². The van der Waals surface area contributed by atoms with Crippen molar-refractivity contribution in [1.82, 2.24) is 0 Å². The van der Waals surface area contributed by atoms with E-state index in [2.05, 4.69) is 0 Å². The van der Waals surface area contributed by atoms with E-state index in [-0.39, 0.29) is 5.92 Å². The van der Waals surface area contributed by atoms with Crippen LogP contribution in [-0.4, -0.2) is 38.1 Å². The summed E-state index contributed by atoms with van der Waals surface area (Å²) in [4.78, 5) is 0. The molecule has 102 valence electrons. The second kappa shape index (κ2) is 8.08. The summed E-state index contributed by atoms with van der Waals surface area (Å²) in [6.07, 6.45) is 0.122. The molecule has 2 atom stereocenters. The van der Waals surface area contributed by atoms with Crippen molar-refractivity contribution in [3.63, 3.8) is 0 Å². The highest BCUT2D eigenvalue weighted by atomic mass is 16.5. The molecule has 0 bridgehead atoms. The fraction of sp³-hybridized carbons (Fsp3) is 0.571. The fourth-order valence-electron chi connectivity index (χ4n) is 1.92. The number of hydrogen-bond donors (Lipinski definition) is 2. The van der Waals surface area contributed by atoms with Gasteiger partial charge in [-0.3, -0.25) is 0 Å². The Morgan fingerprint density at radius 1 is 1.28 bits per heavy atom. The van der Waals surface area contributed by atoms with Gasteiger partial charge in [-0.1, -0.05) is 12.1 Å². The van der Waals surface area contributed by atoms with Gasteiger partial charge in [-0.25, -0.2) is 0 Å². The van der Waals surface area contributed by atoms with Crippen LogP contribution in [0.4, 0.5) is 0 Å². The second-order valence-corrected chi connectivity index (χ2v) is 4.17. The molecule has 4 nitrogen and oxygen atoms in total. The third kappa shape index (κ3) is 4.29. The number of aliphatic hydroxyl groups is 1. The van der Waals surface area contributed by atoms with E-state index in [0.29, 0.717) is 26.2 Å². The summed E-state index contributed by atoms with van der Waals surface area (Å²) in [5.41, 5.74) is 6.78. The van der Waals surface area contributed by atoms with E-state index >= 15 is 0 Å². The molecule has 0 saturated carbocycles. The molecular weight excluding hydrogens is 230 g/mol. The lowest BCUT2D eigenvalue weighted by molar-refractivity contribution is 0.0752. The lowest BCUT2D eigenvalue weighted by Gasteiger charge is -2.22. The second-order valence-electron chi connectivity index (χ2n) is 4.17. The number of benzene rings is 1. The van der Waals surface area contributed by atoms with Crippen molar-refractivity contribution in [2.45, 2.75) is 25.4 Å². The summed E-state index contributed by atoms with van der Waals surface area (Å²) in [6, 6.07) is 7.65. The van der Waals surface area contributed by atoms with Crippen LogP contribution < -0.4 is 10.5 Å². The zero-order chi connectivity index (χ0) is 13.4. The Morgan fingerprint density at radius 2 is 1.94 bits per heavy atom. The van der Waals surface area contributed by atoms with Gasteiger partial charge in [0.15, 0.2) is 0 Å². The zero-order valence-corrected chi connectivity index (χ0v) is 11.1. The number of ether oxygens (including phenoxy) is 2. The van der Waals surface area contributed by atoms with Crippen molar-refractivity contribution < 1.29 is 14.6 Å². The van der Waals surface area contributed by atoms with Gasteiger partial charge in [0.2, 0.25) is 0 Å². The highest BCUT2D eigenvalue weighted by molar-refractivity contribution is 5.30. The minimum absolute atomic E-state index is 0.0589. The molecule has 0 spiro atoms. The van der Waals surface area contributed by atoms with Crippen LogP contribution in [0.25, 0.3) is 0 Å². The average molecular weight is 253 g/mol. The van der Waals surface area contributed by atoms with Crippen LogP contribution >= 0.6 is 0 Å². The van der Waals surface area contributed by atoms with Gasteiger partial charge in [-0.2, -0.15) is 0 Å². The normalized spacial score (nSPS) is 14.2. The van der Waals surface area contributed by atoms with Crippen LogP contribution in [0.3, 0.4) is 0 Å². The molecule has 0 fully saturated rings. The number of methoxy groups -OCH3 is 1. The van der Waals surface area contributed by atoms with Gasteiger partial charge in [-0.05, 0) is 31.0 Å². The van der Waals surface area contributed by atoms with Gasteiger partial charge in [0.1, 0.15) is 5.75 Å². The van der Waals surface area contributed by atoms with Gasteiger partial charge in [0, 0.05) is 25.7 Å². The van der Waals surface area contributed by atoms with Gasteiger partial charge in [-0.15, -0.1) is 0 Å². The zero-order valence-electron chi connectivity index (χ0n) is 11.1. The molecule has 0 aliphatic carbocycles. The molecule has 1 aromatic rings. The van der Waals surface area contributed by atoms with Gasteiger partial charge >= 0.3 is 0 Å². The van der Waals surface area contributed by atoms with E-state index in [1.54, 1.807) is 7.11 Å². The lowest BCUT2D eigenvalue weighted by atomic mass is 9.92. The van der Waals surface area contributed by atoms with Gasteiger partial charge < -0.3 is 20.3 Å². The molecule has 0 heterocycles. The maximum atomic E-state index is 10.1. The number of aliphatic hydroxyl groups excluding tert-OH is 1. The molecule has 0 amide bonds. The standard InChI is InChI=1S/C14H23NO3/c1-3-18-9-8-14(16)13(10-15)11-4-6-12(17-2)7-5-11/h4-7,13-14,16H,3,8-10,15H2,1-2H3. The van der Waals surface area contributed by atoms with E-state index in [4.69, 9.17) is 15.2 Å². The number of nitrogens with two attached hydrogens (primary N) is 1. The molecule has 0 saturated heterocycles. The molecule has 0 aliphatic heterocycles. The lowest BCUT2D eigenvalue weighted by Crippen LogP contribution is -2.27. The quantitative estimate of drug-likeness (QED) is 0.690. The maximum absolute atomic E-state index is 10.1. The van der Waals surface area contributed by atoms with Crippen LogP contribution in [0.5, 0.6) is 5.75 Å². The van der Waals surface area contributed by atoms with E-state index in [1.165, 1.54) is 0 Å². The fourth-order valence-corrected chi connectivity index (χ4v) is 1.92. The van der Waals surface area contributed by atoms with Crippen molar-refractivity contribution in [3.05, 3.63) is 29.8 Å². The Morgan fingerprint density at radius 3 is 2.44 bits per heavy atom. The molecule has 0 aromatic heterocycles. The van der Waals surface area contributed by atoms with Crippen LogP contribution in [0.2, 0.25) is 0 Å². The van der Waals surface area contributed by atoms with Crippen molar-refractivity contribution in [3.8, 4) is 5.75 Å². The Bertz CT molecular complexity index is 326. The van der Waals surface area contributed by atoms with E-state index in [0.717, 1.165) is 11.3 Å². The molecule has 2 unspecified atom stereocenters. The summed E-state index contributed by atoms with van der Waals surface area (Å²) in [6.45, 7) is 3.59. The first-order chi connectivity index (χ1) is 8.72. The monoisotopic (exact) mass is 253 g/mol. The SMILES string of the molecule is CCOCCC(O)C(CN)c1ccc(OC)cc1. The van der Waals surface area contributed by atoms with E-state index in [1.807, 2.05) is 31.2 Å². The first-order valence-corrected chi connectivity index (χ1v) is 6.32. The van der Waals surface area contributed by atoms with Gasteiger partial charge in [0.25, 0.3) is 0 Å². The Kier molecular flexibility index (Phi) is 6.72. The minimum atomic E-state index is -0.477. The average Bonchev–Trinajstić information content (AvgIpc) is 2.41. The topological polar surface area (TPSA) is 64.7 Å². The molecule has 4 heteroatoms. The molecule has 1 rings (SSSR count). The predicted molar refractivity (Wildman–Crippen MR) is 71.9 cm³/mol. The van der Waals surface area contributed by atoms with Crippen molar-refractivity contribution >= 4 is 0 Å². The maximum Gasteiger partial charge on any atom is 0.118 e. The van der Waals surface area contributed by atoms with Crippen molar-refractivity contribution in [2.24, 2.45) is 5.73 Å². The molecule has 3 N–H and O–H groups in total. The smallest absolute Gasteiger partial charge is 0.118 e. The van der Waals surface area contributed by atoms with Crippen LogP contribution in [-0.2, 0) is 4.74 Å². The minimum Gasteiger partial charge on any atom is -0.497 e. The molecule has 0 radical (unpaired) electrons. The number of hydrogen-bond acceptors (Lipinski definition) is 4. The summed E-state index contributed by atoms with van der Waals surface area (Å²) in [7, 11) is 1.63. The third-order valence-electron chi connectivity index (χ3n) is 3.02. The summed E-state index contributed by atoms with van der Waals surface area (Å²) < 4.78 is 10.4. The van der Waals surface area contributed by atoms with E-state index in [9.17, 15) is 5.11 Å². The first kappa shape index (κ1) is 15.0. The van der Waals surface area contributed by atoms with Crippen LogP contribution in [0.1, 0.15) is 24.8 Å². The van der Waals surface area contributed by atoms with Crippen molar-refractivity contribution in [1.29, 1.82) is 0 Å². The Balaban J connectivity index is 2.62. The molecule has 0 aliphatic rings. The Labute approximate surface area is 109 Å². The molecule has 1 aromatic carbocycles. The van der Waals surface area contributed by atoms with Gasteiger partial charge in [0.05, 0.1) is 13.2 Å². The first-order valence-electron chi connectivity index (χ1n) is 6.32. The summed E-state index contributed by atoms with van der Waals surface area (Å²) in [5, 5.41) is 10.1. The molecular formula is C14H23NO3.